The average molecular weight is 143 g/mol. The zero-order chi connectivity index (χ0) is 8.53. The largest absolute Gasteiger partial charge is 0.0654 e. The summed E-state index contributed by atoms with van der Waals surface area (Å²) in [6, 6.07) is 0. The molecule has 1 unspecified atom stereocenters. The molecule has 62 valence electrons. The van der Waals surface area contributed by atoms with Gasteiger partial charge in [0.15, 0.2) is 0 Å². The standard InChI is InChI=1S/C10H22/c1-4-6-7-8-9-10(3)5-2/h10H,4-9H2,1-3H3/i2D. The van der Waals surface area contributed by atoms with Crippen LogP contribution in [0.5, 0.6) is 0 Å². The van der Waals surface area contributed by atoms with E-state index >= 15 is 0 Å². The van der Waals surface area contributed by atoms with Gasteiger partial charge in [-0.15, -0.1) is 0 Å². The molecule has 1 atom stereocenters. The molecule has 0 fully saturated rings. The predicted octanol–water partition coefficient (Wildman–Crippen LogP) is 4.00. The Labute approximate surface area is 67.4 Å². The van der Waals surface area contributed by atoms with Crippen molar-refractivity contribution in [2.75, 3.05) is 0 Å². The van der Waals surface area contributed by atoms with E-state index in [1.165, 1.54) is 32.1 Å². The van der Waals surface area contributed by atoms with E-state index in [9.17, 15) is 0 Å². The molecule has 0 rings (SSSR count). The van der Waals surface area contributed by atoms with Crippen LogP contribution in [0.1, 0.15) is 60.6 Å². The molecule has 0 amide bonds. The summed E-state index contributed by atoms with van der Waals surface area (Å²) < 4.78 is 7.05. The van der Waals surface area contributed by atoms with Gasteiger partial charge >= 0.3 is 0 Å². The summed E-state index contributed by atoms with van der Waals surface area (Å²) in [5.74, 6) is 0.782. The molecule has 0 saturated carbocycles. The molecule has 0 heterocycles. The zero-order valence-corrected chi connectivity index (χ0v) is 7.53. The van der Waals surface area contributed by atoms with E-state index in [2.05, 4.69) is 13.8 Å². The van der Waals surface area contributed by atoms with Crippen molar-refractivity contribution in [1.82, 2.24) is 0 Å². The number of rotatable bonds is 6. The summed E-state index contributed by atoms with van der Waals surface area (Å²) in [6.45, 7) is 5.11. The third-order valence-corrected chi connectivity index (χ3v) is 2.04. The topological polar surface area (TPSA) is 0 Å². The van der Waals surface area contributed by atoms with Crippen LogP contribution in [0, 0.1) is 5.92 Å². The van der Waals surface area contributed by atoms with Crippen LogP contribution in [0.2, 0.25) is 0 Å². The lowest BCUT2D eigenvalue weighted by atomic mass is 10.0. The highest BCUT2D eigenvalue weighted by Gasteiger charge is 1.96. The second kappa shape index (κ2) is 7.11. The van der Waals surface area contributed by atoms with Gasteiger partial charge in [0.2, 0.25) is 0 Å². The molecule has 0 aromatic carbocycles. The smallest absolute Gasteiger partial charge is 0.0230 e. The summed E-state index contributed by atoms with van der Waals surface area (Å²) in [7, 11) is 0. The quantitative estimate of drug-likeness (QED) is 0.493. The first kappa shape index (κ1) is 8.10. The van der Waals surface area contributed by atoms with Gasteiger partial charge in [-0.3, -0.25) is 0 Å². The molecular formula is C10H22. The van der Waals surface area contributed by atoms with Crippen LogP contribution in [0.4, 0.5) is 0 Å². The monoisotopic (exact) mass is 143 g/mol. The summed E-state index contributed by atoms with van der Waals surface area (Å²) >= 11 is 0. The van der Waals surface area contributed by atoms with Crippen LogP contribution >= 0.6 is 0 Å². The van der Waals surface area contributed by atoms with E-state index in [0.717, 1.165) is 12.3 Å². The fraction of sp³-hybridized carbons (Fsp3) is 1.00. The number of hydrogen-bond acceptors (Lipinski definition) is 0. The first-order valence-electron chi connectivity index (χ1n) is 5.31. The van der Waals surface area contributed by atoms with Gasteiger partial charge in [-0.1, -0.05) is 59.3 Å². The molecule has 0 radical (unpaired) electrons. The van der Waals surface area contributed by atoms with Gasteiger partial charge < -0.3 is 0 Å². The summed E-state index contributed by atoms with van der Waals surface area (Å²) in [5, 5.41) is 0. The molecule has 0 aromatic rings. The highest BCUT2D eigenvalue weighted by Crippen LogP contribution is 2.12. The maximum atomic E-state index is 7.05. The lowest BCUT2D eigenvalue weighted by Gasteiger charge is -2.06. The van der Waals surface area contributed by atoms with E-state index in [4.69, 9.17) is 1.37 Å². The summed E-state index contributed by atoms with van der Waals surface area (Å²) in [4.78, 5) is 0. The minimum absolute atomic E-state index is 0.606. The zero-order valence-electron chi connectivity index (χ0n) is 8.53. The Morgan fingerprint density at radius 3 is 2.70 bits per heavy atom. The van der Waals surface area contributed by atoms with Crippen molar-refractivity contribution in [2.45, 2.75) is 59.3 Å². The van der Waals surface area contributed by atoms with Gasteiger partial charge in [0.1, 0.15) is 0 Å². The van der Waals surface area contributed by atoms with E-state index in [-0.39, 0.29) is 0 Å². The molecule has 0 heteroatoms. The normalized spacial score (nSPS) is 14.8. The summed E-state index contributed by atoms with van der Waals surface area (Å²) in [6.07, 6.45) is 7.89. The van der Waals surface area contributed by atoms with Crippen LogP contribution in [-0.2, 0) is 0 Å². The van der Waals surface area contributed by atoms with Crippen molar-refractivity contribution in [3.8, 4) is 0 Å². The molecule has 10 heavy (non-hydrogen) atoms. The second-order valence-corrected chi connectivity index (χ2v) is 3.24. The van der Waals surface area contributed by atoms with E-state index < -0.39 is 0 Å². The van der Waals surface area contributed by atoms with Crippen molar-refractivity contribution in [3.63, 3.8) is 0 Å². The molecule has 0 N–H and O–H groups in total. The minimum Gasteiger partial charge on any atom is -0.0654 e. The van der Waals surface area contributed by atoms with Crippen molar-refractivity contribution in [3.05, 3.63) is 0 Å². The third-order valence-electron chi connectivity index (χ3n) is 2.04. The van der Waals surface area contributed by atoms with Crippen molar-refractivity contribution in [2.24, 2.45) is 5.92 Å². The Balaban J connectivity index is 2.97. The number of hydrogen-bond donors (Lipinski definition) is 0. The predicted molar refractivity (Wildman–Crippen MR) is 48.2 cm³/mol. The van der Waals surface area contributed by atoms with E-state index in [1.807, 2.05) is 0 Å². The lowest BCUT2D eigenvalue weighted by Crippen LogP contribution is -1.91. The Morgan fingerprint density at radius 1 is 1.30 bits per heavy atom. The van der Waals surface area contributed by atoms with Gasteiger partial charge in [-0.2, -0.15) is 0 Å². The third kappa shape index (κ3) is 6.12. The fourth-order valence-corrected chi connectivity index (χ4v) is 1.06. The van der Waals surface area contributed by atoms with Crippen LogP contribution in [0.25, 0.3) is 0 Å². The molecule has 0 spiro atoms. The highest BCUT2D eigenvalue weighted by atomic mass is 14.0. The first-order chi connectivity index (χ1) is 5.31. The van der Waals surface area contributed by atoms with Gasteiger partial charge in [0.25, 0.3) is 0 Å². The van der Waals surface area contributed by atoms with Crippen LogP contribution < -0.4 is 0 Å². The molecule has 0 bridgehead atoms. The maximum Gasteiger partial charge on any atom is 0.0230 e. The first-order valence-corrected chi connectivity index (χ1v) is 4.60. The van der Waals surface area contributed by atoms with Crippen LogP contribution in [0.3, 0.4) is 0 Å². The molecule has 0 aromatic heterocycles. The Morgan fingerprint density at radius 2 is 2.10 bits per heavy atom. The summed E-state index contributed by atoms with van der Waals surface area (Å²) in [5.41, 5.74) is 0. The van der Waals surface area contributed by atoms with Gasteiger partial charge in [-0.25, -0.2) is 0 Å². The minimum atomic E-state index is 0.606. The van der Waals surface area contributed by atoms with Crippen molar-refractivity contribution >= 4 is 0 Å². The number of unbranched alkanes of at least 4 members (excludes halogenated alkanes) is 3. The van der Waals surface area contributed by atoms with Crippen molar-refractivity contribution in [1.29, 1.82) is 0 Å². The molecule has 0 aliphatic heterocycles. The van der Waals surface area contributed by atoms with Crippen LogP contribution in [0.15, 0.2) is 0 Å². The van der Waals surface area contributed by atoms with Gasteiger partial charge in [0.05, 0.1) is 0 Å². The molecular weight excluding hydrogens is 120 g/mol. The van der Waals surface area contributed by atoms with Crippen LogP contribution in [-0.4, -0.2) is 0 Å². The molecule has 0 aliphatic rings. The Bertz CT molecular complexity index is 71.3. The Hall–Kier alpha value is 0. The SMILES string of the molecule is [2H]CCC(C)CCCCCC. The fourth-order valence-electron chi connectivity index (χ4n) is 1.06. The second-order valence-electron chi connectivity index (χ2n) is 3.24. The van der Waals surface area contributed by atoms with Gasteiger partial charge in [0, 0.05) is 1.37 Å². The lowest BCUT2D eigenvalue weighted by molar-refractivity contribution is 0.477. The average Bonchev–Trinajstić information content (AvgIpc) is 1.99. The maximum absolute atomic E-state index is 7.05. The van der Waals surface area contributed by atoms with Gasteiger partial charge in [-0.05, 0) is 5.92 Å². The van der Waals surface area contributed by atoms with E-state index in [0.29, 0.717) is 6.90 Å². The van der Waals surface area contributed by atoms with E-state index in [1.54, 1.807) is 0 Å². The Kier molecular flexibility index (Phi) is 5.76. The molecule has 0 nitrogen and oxygen atoms in total. The van der Waals surface area contributed by atoms with Crippen molar-refractivity contribution < 1.29 is 1.37 Å². The highest BCUT2D eigenvalue weighted by molar-refractivity contribution is 4.50. The molecule has 0 aliphatic carbocycles. The molecule has 0 saturated heterocycles.